The van der Waals surface area contributed by atoms with E-state index >= 15 is 0 Å². The first-order chi connectivity index (χ1) is 10.1. The molecule has 0 saturated carbocycles. The third-order valence-electron chi connectivity index (χ3n) is 2.84. The first-order valence-electron chi connectivity index (χ1n) is 6.62. The van der Waals surface area contributed by atoms with Crippen LogP contribution in [0.25, 0.3) is 6.08 Å². The van der Waals surface area contributed by atoms with Gasteiger partial charge in [0.25, 0.3) is 5.69 Å². The molecule has 0 radical (unpaired) electrons. The van der Waals surface area contributed by atoms with Gasteiger partial charge in [0.2, 0.25) is 0 Å². The fourth-order valence-electron chi connectivity index (χ4n) is 2.01. The van der Waals surface area contributed by atoms with Gasteiger partial charge in [0.1, 0.15) is 5.69 Å². The van der Waals surface area contributed by atoms with Gasteiger partial charge in [0.15, 0.2) is 0 Å². The van der Waals surface area contributed by atoms with Crippen molar-refractivity contribution in [3.8, 4) is 0 Å². The number of methoxy groups -OCH3 is 1. The van der Waals surface area contributed by atoms with Crippen molar-refractivity contribution < 1.29 is 19.6 Å². The summed E-state index contributed by atoms with van der Waals surface area (Å²) < 4.78 is 4.47. The van der Waals surface area contributed by atoms with Crippen molar-refractivity contribution in [3.05, 3.63) is 40.0 Å². The number of nitro benzene ring substituents is 1. The molecule has 1 N–H and O–H groups in total. The van der Waals surface area contributed by atoms with Gasteiger partial charge in [-0.1, -0.05) is 6.07 Å². The Morgan fingerprint density at radius 2 is 2.14 bits per heavy atom. The van der Waals surface area contributed by atoms with Crippen LogP contribution in [-0.4, -0.2) is 42.3 Å². The van der Waals surface area contributed by atoms with Crippen molar-refractivity contribution in [1.82, 2.24) is 0 Å². The number of anilines is 1. The van der Waals surface area contributed by atoms with Gasteiger partial charge < -0.3 is 14.7 Å². The maximum absolute atomic E-state index is 11.2. The molecule has 22 heavy (non-hydrogen) atoms. The number of aliphatic hydroxyl groups is 1. The lowest BCUT2D eigenvalue weighted by atomic mass is 10.1. The Kier molecular flexibility index (Phi) is 5.64. The summed E-state index contributed by atoms with van der Waals surface area (Å²) in [5, 5.41) is 21.1. The fourth-order valence-corrected chi connectivity index (χ4v) is 2.01. The maximum atomic E-state index is 11.2. The highest BCUT2D eigenvalue weighted by atomic mass is 16.6. The molecule has 0 aliphatic heterocycles. The molecule has 0 unspecified atom stereocenters. The lowest BCUT2D eigenvalue weighted by molar-refractivity contribution is -0.384. The topological polar surface area (TPSA) is 92.9 Å². The van der Waals surface area contributed by atoms with Gasteiger partial charge in [-0.15, -0.1) is 0 Å². The molecule has 0 aromatic heterocycles. The van der Waals surface area contributed by atoms with E-state index in [1.807, 2.05) is 0 Å². The van der Waals surface area contributed by atoms with E-state index in [-0.39, 0.29) is 12.2 Å². The van der Waals surface area contributed by atoms with Crippen molar-refractivity contribution >= 4 is 23.4 Å². The van der Waals surface area contributed by atoms with E-state index in [9.17, 15) is 20.0 Å². The van der Waals surface area contributed by atoms with Crippen LogP contribution in [-0.2, 0) is 9.53 Å². The Morgan fingerprint density at radius 1 is 1.50 bits per heavy atom. The number of ether oxygens (including phenoxy) is 1. The molecule has 0 fully saturated rings. The van der Waals surface area contributed by atoms with E-state index < -0.39 is 16.5 Å². The van der Waals surface area contributed by atoms with Gasteiger partial charge in [0.05, 0.1) is 17.6 Å². The lowest BCUT2D eigenvalue weighted by Crippen LogP contribution is -2.36. The number of hydrogen-bond donors (Lipinski definition) is 1. The van der Waals surface area contributed by atoms with Gasteiger partial charge in [-0.2, -0.15) is 0 Å². The highest BCUT2D eigenvalue weighted by Gasteiger charge is 2.22. The molecule has 1 aromatic carbocycles. The van der Waals surface area contributed by atoms with Gasteiger partial charge in [-0.05, 0) is 31.6 Å². The van der Waals surface area contributed by atoms with E-state index in [0.717, 1.165) is 0 Å². The van der Waals surface area contributed by atoms with Crippen molar-refractivity contribution in [2.45, 2.75) is 19.4 Å². The quantitative estimate of drug-likeness (QED) is 0.374. The molecule has 0 bridgehead atoms. The molecule has 0 atom stereocenters. The van der Waals surface area contributed by atoms with Crippen LogP contribution in [0.5, 0.6) is 0 Å². The standard InChI is InChI=1S/C15H20N2O5/c1-15(2,19)10-16(3)12-7-5-11(6-8-14(18)22-4)9-13(12)17(20)21/h5-9,19H,10H2,1-4H3/b8-6+. The summed E-state index contributed by atoms with van der Waals surface area (Å²) in [6.07, 6.45) is 2.64. The van der Waals surface area contributed by atoms with Crippen molar-refractivity contribution in [2.75, 3.05) is 25.6 Å². The minimum absolute atomic E-state index is 0.0984. The van der Waals surface area contributed by atoms with Crippen molar-refractivity contribution in [2.24, 2.45) is 0 Å². The molecular formula is C15H20N2O5. The number of esters is 1. The fraction of sp³-hybridized carbons (Fsp3) is 0.400. The number of carbonyl (C=O) groups is 1. The number of likely N-dealkylation sites (N-methyl/N-ethyl adjacent to an activating group) is 1. The highest BCUT2D eigenvalue weighted by Crippen LogP contribution is 2.29. The molecule has 0 amide bonds. The zero-order valence-corrected chi connectivity index (χ0v) is 13.1. The number of benzene rings is 1. The minimum Gasteiger partial charge on any atom is -0.466 e. The van der Waals surface area contributed by atoms with Crippen molar-refractivity contribution in [1.29, 1.82) is 0 Å². The monoisotopic (exact) mass is 308 g/mol. The number of hydrogen-bond acceptors (Lipinski definition) is 6. The van der Waals surface area contributed by atoms with E-state index in [1.54, 1.807) is 37.9 Å². The minimum atomic E-state index is -0.980. The van der Waals surface area contributed by atoms with E-state index in [0.29, 0.717) is 11.3 Å². The number of carbonyl (C=O) groups excluding carboxylic acids is 1. The zero-order valence-electron chi connectivity index (χ0n) is 13.1. The molecule has 1 aromatic rings. The molecule has 7 nitrogen and oxygen atoms in total. The Bertz CT molecular complexity index is 590. The summed E-state index contributed by atoms with van der Waals surface area (Å²) in [6.45, 7) is 3.50. The van der Waals surface area contributed by atoms with Gasteiger partial charge in [-0.25, -0.2) is 4.79 Å². The third kappa shape index (κ3) is 5.17. The van der Waals surface area contributed by atoms with Crippen LogP contribution >= 0.6 is 0 Å². The summed E-state index contributed by atoms with van der Waals surface area (Å²) in [5.41, 5.74) is -0.176. The average Bonchev–Trinajstić information content (AvgIpc) is 2.42. The predicted molar refractivity (Wildman–Crippen MR) is 83.7 cm³/mol. The third-order valence-corrected chi connectivity index (χ3v) is 2.84. The molecule has 0 spiro atoms. The summed E-state index contributed by atoms with van der Waals surface area (Å²) in [4.78, 5) is 23.4. The van der Waals surface area contributed by atoms with Crippen LogP contribution in [0, 0.1) is 10.1 Å². The number of nitrogens with zero attached hydrogens (tertiary/aromatic N) is 2. The molecular weight excluding hydrogens is 288 g/mol. The summed E-state index contributed by atoms with van der Waals surface area (Å²) in [7, 11) is 2.92. The van der Waals surface area contributed by atoms with Crippen LogP contribution in [0.15, 0.2) is 24.3 Å². The Hall–Kier alpha value is -2.41. The molecule has 0 aliphatic carbocycles. The maximum Gasteiger partial charge on any atom is 0.330 e. The predicted octanol–water partition coefficient (Wildman–Crippen LogP) is 1.99. The van der Waals surface area contributed by atoms with Crippen LogP contribution in [0.4, 0.5) is 11.4 Å². The van der Waals surface area contributed by atoms with E-state index in [1.165, 1.54) is 25.3 Å². The molecule has 0 aliphatic rings. The van der Waals surface area contributed by atoms with E-state index in [2.05, 4.69) is 4.74 Å². The largest absolute Gasteiger partial charge is 0.466 e. The second-order valence-corrected chi connectivity index (χ2v) is 5.53. The SMILES string of the molecule is COC(=O)/C=C/c1ccc(N(C)CC(C)(C)O)c([N+](=O)[O-])c1. The normalized spacial score (nSPS) is 11.5. The Labute approximate surface area is 129 Å². The van der Waals surface area contributed by atoms with Crippen molar-refractivity contribution in [3.63, 3.8) is 0 Å². The molecule has 7 heteroatoms. The lowest BCUT2D eigenvalue weighted by Gasteiger charge is -2.27. The summed E-state index contributed by atoms with van der Waals surface area (Å²) in [6, 6.07) is 4.61. The van der Waals surface area contributed by atoms with Crippen LogP contribution in [0.1, 0.15) is 19.4 Å². The molecule has 1 rings (SSSR count). The molecule has 0 saturated heterocycles. The highest BCUT2D eigenvalue weighted by molar-refractivity contribution is 5.87. The summed E-state index contributed by atoms with van der Waals surface area (Å²) >= 11 is 0. The zero-order chi connectivity index (χ0) is 16.9. The van der Waals surface area contributed by atoms with Gasteiger partial charge in [-0.3, -0.25) is 10.1 Å². The van der Waals surface area contributed by atoms with E-state index in [4.69, 9.17) is 0 Å². The van der Waals surface area contributed by atoms with Crippen LogP contribution in [0.2, 0.25) is 0 Å². The second-order valence-electron chi connectivity index (χ2n) is 5.53. The molecule has 0 heterocycles. The average molecular weight is 308 g/mol. The second kappa shape index (κ2) is 7.04. The first kappa shape index (κ1) is 17.6. The Balaban J connectivity index is 3.13. The summed E-state index contributed by atoms with van der Waals surface area (Å²) in [5.74, 6) is -0.536. The number of rotatable bonds is 6. The Morgan fingerprint density at radius 3 is 2.64 bits per heavy atom. The number of nitro groups is 1. The van der Waals surface area contributed by atoms with Gasteiger partial charge in [0, 0.05) is 25.7 Å². The molecule has 120 valence electrons. The first-order valence-corrected chi connectivity index (χ1v) is 6.62. The van der Waals surface area contributed by atoms with Gasteiger partial charge >= 0.3 is 5.97 Å². The van der Waals surface area contributed by atoms with Crippen LogP contribution in [0.3, 0.4) is 0 Å². The smallest absolute Gasteiger partial charge is 0.330 e. The van der Waals surface area contributed by atoms with Crippen LogP contribution < -0.4 is 4.90 Å².